The van der Waals surface area contributed by atoms with Crippen LogP contribution in [0.3, 0.4) is 0 Å². The predicted molar refractivity (Wildman–Crippen MR) is 70.3 cm³/mol. The number of carbonyl (C=O) groups is 1. The molecule has 0 spiro atoms. The summed E-state index contributed by atoms with van der Waals surface area (Å²) in [4.78, 5) is 11.8. The molecule has 0 saturated heterocycles. The summed E-state index contributed by atoms with van der Waals surface area (Å²) < 4.78 is 27.2. The molecule has 18 heavy (non-hydrogen) atoms. The molecule has 3 N–H and O–H groups in total. The van der Waals surface area contributed by atoms with Crippen LogP contribution in [0.25, 0.3) is 0 Å². The Balaban J connectivity index is 3.10. The van der Waals surface area contributed by atoms with Crippen LogP contribution in [-0.2, 0) is 4.79 Å². The Hall–Kier alpha value is -1.56. The standard InChI is InChI=1S/C12H14F2N2OS/c1-6-4-5-7(13)9(8(6)14)16-11(17)12(2,3)10(15)18/h4-5H,1-3H3,(H2,15,18)(H,16,17). The average Bonchev–Trinajstić information content (AvgIpc) is 2.29. The van der Waals surface area contributed by atoms with Gasteiger partial charge in [0, 0.05) is 0 Å². The van der Waals surface area contributed by atoms with Crippen LogP contribution < -0.4 is 11.1 Å². The molecule has 0 aliphatic carbocycles. The van der Waals surface area contributed by atoms with Crippen molar-refractivity contribution < 1.29 is 13.6 Å². The summed E-state index contributed by atoms with van der Waals surface area (Å²) in [6.45, 7) is 4.44. The molecule has 0 bridgehead atoms. The summed E-state index contributed by atoms with van der Waals surface area (Å²) in [5.41, 5.74) is 3.99. The number of halogens is 2. The summed E-state index contributed by atoms with van der Waals surface area (Å²) >= 11 is 4.75. The Morgan fingerprint density at radius 1 is 1.39 bits per heavy atom. The molecule has 0 unspecified atom stereocenters. The highest BCUT2D eigenvalue weighted by molar-refractivity contribution is 7.80. The van der Waals surface area contributed by atoms with Crippen LogP contribution >= 0.6 is 12.2 Å². The summed E-state index contributed by atoms with van der Waals surface area (Å²) in [5, 5.41) is 2.18. The van der Waals surface area contributed by atoms with E-state index in [1.165, 1.54) is 26.8 Å². The van der Waals surface area contributed by atoms with Gasteiger partial charge in [-0.1, -0.05) is 18.3 Å². The Morgan fingerprint density at radius 2 is 1.94 bits per heavy atom. The Kier molecular flexibility index (Phi) is 4.01. The lowest BCUT2D eigenvalue weighted by Gasteiger charge is -2.22. The number of nitrogens with one attached hydrogen (secondary N) is 1. The number of rotatable bonds is 3. The van der Waals surface area contributed by atoms with Crippen molar-refractivity contribution in [2.24, 2.45) is 11.1 Å². The number of hydrogen-bond donors (Lipinski definition) is 2. The maximum absolute atomic E-state index is 13.7. The first-order valence-electron chi connectivity index (χ1n) is 5.24. The van der Waals surface area contributed by atoms with Gasteiger partial charge in [-0.3, -0.25) is 4.79 Å². The van der Waals surface area contributed by atoms with Gasteiger partial charge in [0.25, 0.3) is 0 Å². The smallest absolute Gasteiger partial charge is 0.237 e. The molecule has 1 aromatic rings. The second-order valence-corrected chi connectivity index (χ2v) is 4.94. The number of aryl methyl sites for hydroxylation is 1. The second-order valence-electron chi connectivity index (χ2n) is 4.50. The molecule has 1 rings (SSSR count). The quantitative estimate of drug-likeness (QED) is 0.831. The maximum atomic E-state index is 13.7. The van der Waals surface area contributed by atoms with Gasteiger partial charge in [0.2, 0.25) is 5.91 Å². The Bertz CT molecular complexity index is 515. The van der Waals surface area contributed by atoms with Crippen molar-refractivity contribution in [1.29, 1.82) is 0 Å². The third-order valence-electron chi connectivity index (χ3n) is 2.71. The summed E-state index contributed by atoms with van der Waals surface area (Å²) in [6, 6.07) is 2.38. The van der Waals surface area contributed by atoms with Crippen molar-refractivity contribution in [3.8, 4) is 0 Å². The van der Waals surface area contributed by atoms with Gasteiger partial charge in [-0.05, 0) is 32.4 Å². The molecule has 0 aliphatic heterocycles. The van der Waals surface area contributed by atoms with Crippen LogP contribution in [0.15, 0.2) is 12.1 Å². The van der Waals surface area contributed by atoms with Crippen molar-refractivity contribution in [2.75, 3.05) is 5.32 Å². The molecular formula is C12H14F2N2OS. The van der Waals surface area contributed by atoms with E-state index in [0.29, 0.717) is 0 Å². The summed E-state index contributed by atoms with van der Waals surface area (Å²) in [7, 11) is 0. The minimum Gasteiger partial charge on any atom is -0.392 e. The molecule has 0 radical (unpaired) electrons. The molecule has 0 aromatic heterocycles. The molecule has 1 aromatic carbocycles. The third kappa shape index (κ3) is 2.64. The fourth-order valence-corrected chi connectivity index (χ4v) is 1.25. The average molecular weight is 272 g/mol. The Morgan fingerprint density at radius 3 is 2.44 bits per heavy atom. The first kappa shape index (κ1) is 14.5. The molecule has 0 aliphatic rings. The van der Waals surface area contributed by atoms with Crippen LogP contribution in [0.2, 0.25) is 0 Å². The monoisotopic (exact) mass is 272 g/mol. The number of nitrogens with two attached hydrogens (primary N) is 1. The lowest BCUT2D eigenvalue weighted by molar-refractivity contribution is -0.121. The number of amides is 1. The topological polar surface area (TPSA) is 55.1 Å². The molecule has 0 fully saturated rings. The van der Waals surface area contributed by atoms with E-state index in [9.17, 15) is 13.6 Å². The fourth-order valence-electron chi connectivity index (χ4n) is 1.15. The normalized spacial score (nSPS) is 11.2. The molecule has 1 amide bonds. The van der Waals surface area contributed by atoms with Crippen LogP contribution in [-0.4, -0.2) is 10.9 Å². The summed E-state index contributed by atoms with van der Waals surface area (Å²) in [6.07, 6.45) is 0. The Labute approximate surface area is 109 Å². The summed E-state index contributed by atoms with van der Waals surface area (Å²) in [5.74, 6) is -2.30. The van der Waals surface area contributed by atoms with Crippen molar-refractivity contribution in [3.63, 3.8) is 0 Å². The van der Waals surface area contributed by atoms with E-state index in [1.807, 2.05) is 0 Å². The van der Waals surface area contributed by atoms with E-state index in [0.717, 1.165) is 6.07 Å². The first-order valence-corrected chi connectivity index (χ1v) is 5.64. The van der Waals surface area contributed by atoms with Crippen molar-refractivity contribution in [2.45, 2.75) is 20.8 Å². The highest BCUT2D eigenvalue weighted by Crippen LogP contribution is 2.25. The highest BCUT2D eigenvalue weighted by atomic mass is 32.1. The number of hydrogen-bond acceptors (Lipinski definition) is 2. The largest absolute Gasteiger partial charge is 0.392 e. The predicted octanol–water partition coefficient (Wildman–Crippen LogP) is 2.52. The lowest BCUT2D eigenvalue weighted by Crippen LogP contribution is -2.41. The number of benzene rings is 1. The van der Waals surface area contributed by atoms with E-state index in [-0.39, 0.29) is 10.6 Å². The maximum Gasteiger partial charge on any atom is 0.237 e. The van der Waals surface area contributed by atoms with Crippen molar-refractivity contribution in [3.05, 3.63) is 29.3 Å². The minimum atomic E-state index is -1.18. The van der Waals surface area contributed by atoms with Crippen LogP contribution in [0.1, 0.15) is 19.4 Å². The highest BCUT2D eigenvalue weighted by Gasteiger charge is 2.32. The van der Waals surface area contributed by atoms with Gasteiger partial charge in [0.15, 0.2) is 5.82 Å². The zero-order chi connectivity index (χ0) is 14.1. The van der Waals surface area contributed by atoms with Crippen molar-refractivity contribution in [1.82, 2.24) is 0 Å². The molecule has 0 saturated carbocycles. The van der Waals surface area contributed by atoms with E-state index in [4.69, 9.17) is 18.0 Å². The van der Waals surface area contributed by atoms with E-state index in [1.54, 1.807) is 0 Å². The van der Waals surface area contributed by atoms with E-state index < -0.39 is 28.6 Å². The number of anilines is 1. The van der Waals surface area contributed by atoms with Gasteiger partial charge in [-0.15, -0.1) is 0 Å². The molecule has 0 atom stereocenters. The second kappa shape index (κ2) is 4.97. The lowest BCUT2D eigenvalue weighted by atomic mass is 9.92. The van der Waals surface area contributed by atoms with Crippen LogP contribution in [0.4, 0.5) is 14.5 Å². The van der Waals surface area contributed by atoms with Crippen molar-refractivity contribution >= 4 is 28.8 Å². The third-order valence-corrected chi connectivity index (χ3v) is 3.22. The van der Waals surface area contributed by atoms with Gasteiger partial charge in [0.1, 0.15) is 11.5 Å². The molecular weight excluding hydrogens is 258 g/mol. The fraction of sp³-hybridized carbons (Fsp3) is 0.333. The molecule has 98 valence electrons. The molecule has 6 heteroatoms. The first-order chi connectivity index (χ1) is 8.17. The van der Waals surface area contributed by atoms with Gasteiger partial charge in [-0.2, -0.15) is 0 Å². The van der Waals surface area contributed by atoms with E-state index in [2.05, 4.69) is 5.32 Å². The number of thiocarbonyl (C=S) groups is 1. The zero-order valence-corrected chi connectivity index (χ0v) is 11.1. The molecule has 3 nitrogen and oxygen atoms in total. The minimum absolute atomic E-state index is 0.0477. The van der Waals surface area contributed by atoms with Gasteiger partial charge < -0.3 is 11.1 Å². The van der Waals surface area contributed by atoms with E-state index >= 15 is 0 Å². The van der Waals surface area contributed by atoms with Gasteiger partial charge in [-0.25, -0.2) is 8.78 Å². The zero-order valence-electron chi connectivity index (χ0n) is 10.3. The van der Waals surface area contributed by atoms with Crippen LogP contribution in [0, 0.1) is 24.0 Å². The van der Waals surface area contributed by atoms with Gasteiger partial charge >= 0.3 is 0 Å². The SMILES string of the molecule is Cc1ccc(F)c(NC(=O)C(C)(C)C(N)=S)c1F. The number of carbonyl (C=O) groups excluding carboxylic acids is 1. The molecule has 0 heterocycles. The van der Waals surface area contributed by atoms with Gasteiger partial charge in [0.05, 0.1) is 10.4 Å². The van der Waals surface area contributed by atoms with Crippen LogP contribution in [0.5, 0.6) is 0 Å².